The van der Waals surface area contributed by atoms with Gasteiger partial charge in [-0.2, -0.15) is 0 Å². The Morgan fingerprint density at radius 2 is 1.17 bits per heavy atom. The Labute approximate surface area is 168 Å². The molecule has 10 heteroatoms. The molecule has 0 aliphatic carbocycles. The Kier molecular flexibility index (Phi) is 6.66. The lowest BCUT2D eigenvalue weighted by atomic mass is 9.98. The summed E-state index contributed by atoms with van der Waals surface area (Å²) in [6, 6.07) is 5.24. The smallest absolute Gasteiger partial charge is 0.157 e. The van der Waals surface area contributed by atoms with Crippen LogP contribution in [0.15, 0.2) is 18.2 Å². The van der Waals surface area contributed by atoms with Crippen LogP contribution < -0.4 is 10.6 Å². The lowest BCUT2D eigenvalue weighted by Gasteiger charge is -2.40. The topological polar surface area (TPSA) is 164 Å². The molecule has 0 saturated carbocycles. The van der Waals surface area contributed by atoms with Crippen LogP contribution in [0.4, 0.5) is 11.4 Å². The third-order valence-electron chi connectivity index (χ3n) is 5.55. The molecule has 0 amide bonds. The van der Waals surface area contributed by atoms with Crippen LogP contribution in [0.1, 0.15) is 19.4 Å². The molecule has 2 aliphatic rings. The SMILES string of the molecule is Cc1ccc(N[C@H]2O[C@@H](C)[C@@H](O)[C@H](O)[C@@H]2O)cc1N[C@@H]1O[C@H](C)[C@H](O)[C@@H](O)[C@H]1O. The lowest BCUT2D eigenvalue weighted by Crippen LogP contribution is -2.59. The van der Waals surface area contributed by atoms with Crippen LogP contribution in [0.5, 0.6) is 0 Å². The highest BCUT2D eigenvalue weighted by Crippen LogP contribution is 2.28. The minimum atomic E-state index is -1.35. The third kappa shape index (κ3) is 4.49. The number of aliphatic hydroxyl groups is 6. The van der Waals surface area contributed by atoms with E-state index in [0.29, 0.717) is 11.4 Å². The molecule has 0 aromatic heterocycles. The Bertz CT molecular complexity index is 707. The lowest BCUT2D eigenvalue weighted by molar-refractivity contribution is -0.209. The zero-order valence-corrected chi connectivity index (χ0v) is 16.5. The van der Waals surface area contributed by atoms with Gasteiger partial charge in [0.05, 0.1) is 12.2 Å². The number of hydrogen-bond acceptors (Lipinski definition) is 10. The van der Waals surface area contributed by atoms with Gasteiger partial charge >= 0.3 is 0 Å². The first kappa shape index (κ1) is 22.2. The van der Waals surface area contributed by atoms with E-state index in [1.807, 2.05) is 6.92 Å². The normalized spacial score (nSPS) is 43.1. The summed E-state index contributed by atoms with van der Waals surface area (Å²) in [7, 11) is 0. The summed E-state index contributed by atoms with van der Waals surface area (Å²) in [4.78, 5) is 0. The molecule has 0 radical (unpaired) electrons. The number of nitrogens with one attached hydrogen (secondary N) is 2. The molecule has 3 rings (SSSR count). The van der Waals surface area contributed by atoms with E-state index in [-0.39, 0.29) is 0 Å². The van der Waals surface area contributed by atoms with E-state index < -0.39 is 61.3 Å². The van der Waals surface area contributed by atoms with Crippen molar-refractivity contribution in [3.8, 4) is 0 Å². The Morgan fingerprint density at radius 3 is 1.69 bits per heavy atom. The van der Waals surface area contributed by atoms with Crippen LogP contribution in [-0.4, -0.2) is 91.9 Å². The quantitative estimate of drug-likeness (QED) is 0.290. The average molecular weight is 414 g/mol. The monoisotopic (exact) mass is 414 g/mol. The van der Waals surface area contributed by atoms with Gasteiger partial charge < -0.3 is 50.7 Å². The van der Waals surface area contributed by atoms with E-state index in [4.69, 9.17) is 9.47 Å². The van der Waals surface area contributed by atoms with Crippen molar-refractivity contribution >= 4 is 11.4 Å². The Morgan fingerprint density at radius 1 is 0.690 bits per heavy atom. The second-order valence-corrected chi connectivity index (χ2v) is 7.79. The van der Waals surface area contributed by atoms with Crippen LogP contribution >= 0.6 is 0 Å². The van der Waals surface area contributed by atoms with Crippen molar-refractivity contribution < 1.29 is 40.1 Å². The van der Waals surface area contributed by atoms with Gasteiger partial charge in [0.25, 0.3) is 0 Å². The zero-order valence-electron chi connectivity index (χ0n) is 16.5. The predicted octanol–water partition coefficient (Wildman–Crippen LogP) is -1.53. The van der Waals surface area contributed by atoms with Crippen LogP contribution in [0, 0.1) is 6.92 Å². The van der Waals surface area contributed by atoms with E-state index in [2.05, 4.69) is 10.6 Å². The van der Waals surface area contributed by atoms with Crippen molar-refractivity contribution in [2.45, 2.75) is 82.1 Å². The van der Waals surface area contributed by atoms with E-state index in [1.54, 1.807) is 32.0 Å². The number of aryl methyl sites for hydroxylation is 1. The minimum Gasteiger partial charge on any atom is -0.388 e. The van der Waals surface area contributed by atoms with Gasteiger partial charge in [-0.25, -0.2) is 0 Å². The van der Waals surface area contributed by atoms with Crippen molar-refractivity contribution in [1.82, 2.24) is 0 Å². The second-order valence-electron chi connectivity index (χ2n) is 7.79. The van der Waals surface area contributed by atoms with Gasteiger partial charge in [0.15, 0.2) is 12.5 Å². The standard InChI is InChI=1S/C19H30N2O8/c1-7-4-5-10(20-18-16(26)14(24)12(22)8(2)28-18)6-11(7)21-19-17(27)15(25)13(23)9(3)29-19/h4-6,8-9,12-27H,1-3H3/t8-,9+,12+,13-,14-,15+,16-,17+,18-,19+/m0/s1. The van der Waals surface area contributed by atoms with Crippen molar-refractivity contribution in [2.24, 2.45) is 0 Å². The molecule has 164 valence electrons. The van der Waals surface area contributed by atoms with Gasteiger partial charge in [0.1, 0.15) is 36.6 Å². The Hall–Kier alpha value is -1.50. The number of rotatable bonds is 4. The molecule has 1 aromatic carbocycles. The van der Waals surface area contributed by atoms with Crippen molar-refractivity contribution in [1.29, 1.82) is 0 Å². The molecule has 0 unspecified atom stereocenters. The van der Waals surface area contributed by atoms with Crippen molar-refractivity contribution in [3.63, 3.8) is 0 Å². The third-order valence-corrected chi connectivity index (χ3v) is 5.55. The van der Waals surface area contributed by atoms with Gasteiger partial charge in [-0.05, 0) is 38.5 Å². The summed E-state index contributed by atoms with van der Waals surface area (Å²) in [5.41, 5.74) is 1.97. The zero-order chi connectivity index (χ0) is 21.5. The molecule has 2 aliphatic heterocycles. The molecular weight excluding hydrogens is 384 g/mol. The molecule has 10 atom stereocenters. The fraction of sp³-hybridized carbons (Fsp3) is 0.684. The maximum Gasteiger partial charge on any atom is 0.157 e. The van der Waals surface area contributed by atoms with Crippen LogP contribution in [0.2, 0.25) is 0 Å². The highest BCUT2D eigenvalue weighted by Gasteiger charge is 2.43. The largest absolute Gasteiger partial charge is 0.388 e. The minimum absolute atomic E-state index is 0.553. The van der Waals surface area contributed by atoms with Crippen LogP contribution in [-0.2, 0) is 9.47 Å². The van der Waals surface area contributed by atoms with Crippen LogP contribution in [0.3, 0.4) is 0 Å². The highest BCUT2D eigenvalue weighted by atomic mass is 16.6. The van der Waals surface area contributed by atoms with Gasteiger partial charge in [-0.1, -0.05) is 6.07 Å². The number of benzene rings is 1. The molecular formula is C19H30N2O8. The molecule has 10 nitrogen and oxygen atoms in total. The fourth-order valence-corrected chi connectivity index (χ4v) is 3.53. The molecule has 1 aromatic rings. The van der Waals surface area contributed by atoms with Gasteiger partial charge in [-0.15, -0.1) is 0 Å². The number of hydrogen-bond donors (Lipinski definition) is 8. The maximum absolute atomic E-state index is 10.2. The summed E-state index contributed by atoms with van der Waals surface area (Å²) in [5.74, 6) is 0. The maximum atomic E-state index is 10.2. The fourth-order valence-electron chi connectivity index (χ4n) is 3.53. The molecule has 29 heavy (non-hydrogen) atoms. The first-order valence-electron chi connectivity index (χ1n) is 9.63. The number of anilines is 2. The van der Waals surface area contributed by atoms with E-state index in [0.717, 1.165) is 5.56 Å². The van der Waals surface area contributed by atoms with Gasteiger partial charge in [-0.3, -0.25) is 0 Å². The number of ether oxygens (including phenoxy) is 2. The Balaban J connectivity index is 1.73. The molecule has 0 bridgehead atoms. The molecule has 2 heterocycles. The van der Waals surface area contributed by atoms with Gasteiger partial charge in [0.2, 0.25) is 0 Å². The van der Waals surface area contributed by atoms with Crippen molar-refractivity contribution in [3.05, 3.63) is 23.8 Å². The van der Waals surface area contributed by atoms with E-state index in [9.17, 15) is 30.6 Å². The van der Waals surface area contributed by atoms with Crippen molar-refractivity contribution in [2.75, 3.05) is 10.6 Å². The van der Waals surface area contributed by atoms with Crippen LogP contribution in [0.25, 0.3) is 0 Å². The first-order valence-corrected chi connectivity index (χ1v) is 9.63. The first-order chi connectivity index (χ1) is 13.6. The molecule has 8 N–H and O–H groups in total. The summed E-state index contributed by atoms with van der Waals surface area (Å²) in [5, 5.41) is 65.9. The summed E-state index contributed by atoms with van der Waals surface area (Å²) in [6.07, 6.45) is -11.0. The molecule has 2 fully saturated rings. The van der Waals surface area contributed by atoms with E-state index in [1.165, 1.54) is 0 Å². The second kappa shape index (κ2) is 8.70. The highest BCUT2D eigenvalue weighted by molar-refractivity contribution is 5.61. The number of aliphatic hydroxyl groups excluding tert-OH is 6. The summed E-state index contributed by atoms with van der Waals surface area (Å²) < 4.78 is 11.1. The average Bonchev–Trinajstić information content (AvgIpc) is 2.69. The van der Waals surface area contributed by atoms with E-state index >= 15 is 0 Å². The predicted molar refractivity (Wildman–Crippen MR) is 103 cm³/mol. The summed E-state index contributed by atoms with van der Waals surface area (Å²) >= 11 is 0. The summed E-state index contributed by atoms with van der Waals surface area (Å²) in [6.45, 7) is 5.03. The molecule has 2 saturated heterocycles. The van der Waals surface area contributed by atoms with Gasteiger partial charge in [0, 0.05) is 11.4 Å². The molecule has 0 spiro atoms.